The molecular weight excluding hydrogens is 385 g/mol. The molecule has 3 rings (SSSR count). The summed E-state index contributed by atoms with van der Waals surface area (Å²) in [6.07, 6.45) is 0. The molecule has 0 unspecified atom stereocenters. The lowest BCUT2D eigenvalue weighted by atomic mass is 10.1. The highest BCUT2D eigenvalue weighted by Crippen LogP contribution is 2.27. The standard InChI is InChI=1S/C23H24FN3O3/c1-27(2)13-12-25-23(28)22-15-20(29-3)14-21(26-22)16-4-8-18(9-5-16)30-19-10-6-17(24)7-11-19/h4-11,14-15H,12-13H2,1-3H3,(H,25,28). The van der Waals surface area contributed by atoms with Crippen LogP contribution in [0.4, 0.5) is 4.39 Å². The molecule has 30 heavy (non-hydrogen) atoms. The summed E-state index contributed by atoms with van der Waals surface area (Å²) in [7, 11) is 5.43. The monoisotopic (exact) mass is 409 g/mol. The average Bonchev–Trinajstić information content (AvgIpc) is 2.75. The second-order valence-electron chi connectivity index (χ2n) is 6.92. The molecule has 0 atom stereocenters. The molecule has 1 amide bonds. The van der Waals surface area contributed by atoms with Gasteiger partial charge in [0.05, 0.1) is 12.8 Å². The Morgan fingerprint density at radius 1 is 1.00 bits per heavy atom. The summed E-state index contributed by atoms with van der Waals surface area (Å²) in [5, 5.41) is 2.86. The van der Waals surface area contributed by atoms with Gasteiger partial charge in [0.1, 0.15) is 28.8 Å². The van der Waals surface area contributed by atoms with Crippen molar-refractivity contribution < 1.29 is 18.7 Å². The number of nitrogens with one attached hydrogen (secondary N) is 1. The van der Waals surface area contributed by atoms with E-state index in [1.165, 1.54) is 12.1 Å². The van der Waals surface area contributed by atoms with Crippen LogP contribution in [0.2, 0.25) is 0 Å². The Morgan fingerprint density at radius 2 is 1.63 bits per heavy atom. The Balaban J connectivity index is 1.77. The van der Waals surface area contributed by atoms with E-state index in [1.54, 1.807) is 43.5 Å². The molecule has 0 aliphatic heterocycles. The van der Waals surface area contributed by atoms with Crippen LogP contribution in [0.5, 0.6) is 17.2 Å². The van der Waals surface area contributed by atoms with E-state index in [0.717, 1.165) is 12.1 Å². The fourth-order valence-electron chi connectivity index (χ4n) is 2.70. The van der Waals surface area contributed by atoms with E-state index in [0.29, 0.717) is 29.5 Å². The van der Waals surface area contributed by atoms with E-state index in [4.69, 9.17) is 9.47 Å². The highest BCUT2D eigenvalue weighted by molar-refractivity contribution is 5.93. The van der Waals surface area contributed by atoms with Crippen molar-refractivity contribution in [2.75, 3.05) is 34.3 Å². The number of carbonyl (C=O) groups excluding carboxylic acids is 1. The van der Waals surface area contributed by atoms with Crippen LogP contribution in [0.1, 0.15) is 10.5 Å². The van der Waals surface area contributed by atoms with E-state index in [1.807, 2.05) is 31.1 Å². The minimum absolute atomic E-state index is 0.256. The number of hydrogen-bond acceptors (Lipinski definition) is 5. The lowest BCUT2D eigenvalue weighted by Crippen LogP contribution is -2.31. The molecule has 1 aromatic heterocycles. The first-order chi connectivity index (χ1) is 14.4. The molecule has 0 aliphatic carbocycles. The van der Waals surface area contributed by atoms with Crippen LogP contribution in [0, 0.1) is 5.82 Å². The SMILES string of the molecule is COc1cc(C(=O)NCCN(C)C)nc(-c2ccc(Oc3ccc(F)cc3)cc2)c1. The van der Waals surface area contributed by atoms with Crippen molar-refractivity contribution in [1.82, 2.24) is 15.2 Å². The maximum Gasteiger partial charge on any atom is 0.270 e. The number of methoxy groups -OCH3 is 1. The number of halogens is 1. The number of hydrogen-bond donors (Lipinski definition) is 1. The summed E-state index contributed by atoms with van der Waals surface area (Å²) in [6.45, 7) is 1.26. The van der Waals surface area contributed by atoms with Crippen LogP contribution in [-0.2, 0) is 0 Å². The van der Waals surface area contributed by atoms with Crippen molar-refractivity contribution in [2.24, 2.45) is 0 Å². The molecule has 0 bridgehead atoms. The molecule has 2 aromatic carbocycles. The zero-order valence-electron chi connectivity index (χ0n) is 17.2. The van der Waals surface area contributed by atoms with Crippen molar-refractivity contribution in [3.8, 4) is 28.5 Å². The lowest BCUT2D eigenvalue weighted by molar-refractivity contribution is 0.0945. The van der Waals surface area contributed by atoms with Crippen LogP contribution >= 0.6 is 0 Å². The summed E-state index contributed by atoms with van der Waals surface area (Å²) in [4.78, 5) is 18.9. The Hall–Kier alpha value is -3.45. The molecule has 0 spiro atoms. The van der Waals surface area contributed by atoms with Gasteiger partial charge in [0.2, 0.25) is 0 Å². The van der Waals surface area contributed by atoms with Crippen molar-refractivity contribution >= 4 is 5.91 Å². The maximum absolute atomic E-state index is 13.0. The van der Waals surface area contributed by atoms with Crippen LogP contribution in [0.25, 0.3) is 11.3 Å². The summed E-state index contributed by atoms with van der Waals surface area (Å²) in [6, 6.07) is 16.5. The van der Waals surface area contributed by atoms with Gasteiger partial charge in [-0.05, 0) is 62.6 Å². The van der Waals surface area contributed by atoms with Gasteiger partial charge in [-0.25, -0.2) is 9.37 Å². The molecule has 3 aromatic rings. The molecule has 0 saturated heterocycles. The van der Waals surface area contributed by atoms with Crippen molar-refractivity contribution in [3.05, 3.63) is 72.2 Å². The van der Waals surface area contributed by atoms with Gasteiger partial charge in [-0.2, -0.15) is 0 Å². The summed E-state index contributed by atoms with van der Waals surface area (Å²) < 4.78 is 24.1. The zero-order valence-corrected chi connectivity index (χ0v) is 17.2. The van der Waals surface area contributed by atoms with Gasteiger partial charge in [-0.1, -0.05) is 0 Å². The summed E-state index contributed by atoms with van der Waals surface area (Å²) in [5.41, 5.74) is 1.71. The molecule has 1 heterocycles. The largest absolute Gasteiger partial charge is 0.497 e. The number of pyridine rings is 1. The van der Waals surface area contributed by atoms with E-state index in [-0.39, 0.29) is 17.4 Å². The highest BCUT2D eigenvalue weighted by atomic mass is 19.1. The molecule has 7 heteroatoms. The first kappa shape index (κ1) is 21.3. The lowest BCUT2D eigenvalue weighted by Gasteiger charge is -2.12. The minimum Gasteiger partial charge on any atom is -0.497 e. The second-order valence-corrected chi connectivity index (χ2v) is 6.92. The number of nitrogens with zero attached hydrogens (tertiary/aromatic N) is 2. The number of carbonyl (C=O) groups is 1. The first-order valence-corrected chi connectivity index (χ1v) is 9.47. The molecular formula is C23H24FN3O3. The number of amides is 1. The Morgan fingerprint density at radius 3 is 2.23 bits per heavy atom. The van der Waals surface area contributed by atoms with Crippen LogP contribution in [0.15, 0.2) is 60.7 Å². The predicted octanol–water partition coefficient (Wildman–Crippen LogP) is 3.98. The third kappa shape index (κ3) is 5.78. The zero-order chi connectivity index (χ0) is 21.5. The van der Waals surface area contributed by atoms with Crippen molar-refractivity contribution in [3.63, 3.8) is 0 Å². The van der Waals surface area contributed by atoms with Crippen LogP contribution < -0.4 is 14.8 Å². The number of benzene rings is 2. The summed E-state index contributed by atoms with van der Waals surface area (Å²) >= 11 is 0. The molecule has 0 saturated carbocycles. The number of ether oxygens (including phenoxy) is 2. The second kappa shape index (κ2) is 9.84. The number of aromatic nitrogens is 1. The van der Waals surface area contributed by atoms with Gasteiger partial charge >= 0.3 is 0 Å². The summed E-state index contributed by atoms with van der Waals surface area (Å²) in [5.74, 6) is 1.12. The average molecular weight is 409 g/mol. The van der Waals surface area contributed by atoms with Crippen molar-refractivity contribution in [2.45, 2.75) is 0 Å². The third-order valence-corrected chi connectivity index (χ3v) is 4.31. The smallest absolute Gasteiger partial charge is 0.270 e. The van der Waals surface area contributed by atoms with Crippen LogP contribution in [0.3, 0.4) is 0 Å². The Labute approximate surface area is 175 Å². The maximum atomic E-state index is 13.0. The van der Waals surface area contributed by atoms with Crippen LogP contribution in [-0.4, -0.2) is 50.1 Å². The molecule has 1 N–H and O–H groups in total. The Bertz CT molecular complexity index is 990. The van der Waals surface area contributed by atoms with Gasteiger partial charge < -0.3 is 19.7 Å². The van der Waals surface area contributed by atoms with E-state index < -0.39 is 0 Å². The highest BCUT2D eigenvalue weighted by Gasteiger charge is 2.12. The van der Waals surface area contributed by atoms with Gasteiger partial charge in [-0.15, -0.1) is 0 Å². The van der Waals surface area contributed by atoms with Gasteiger partial charge in [0.25, 0.3) is 5.91 Å². The minimum atomic E-state index is -0.316. The van der Waals surface area contributed by atoms with Gasteiger partial charge in [-0.3, -0.25) is 4.79 Å². The molecule has 0 fully saturated rings. The van der Waals surface area contributed by atoms with Crippen molar-refractivity contribution in [1.29, 1.82) is 0 Å². The molecule has 6 nitrogen and oxygen atoms in total. The molecule has 0 aliphatic rings. The quantitative estimate of drug-likeness (QED) is 0.610. The van der Waals surface area contributed by atoms with E-state index in [9.17, 15) is 9.18 Å². The third-order valence-electron chi connectivity index (χ3n) is 4.31. The fourth-order valence-corrected chi connectivity index (χ4v) is 2.70. The van der Waals surface area contributed by atoms with E-state index in [2.05, 4.69) is 10.3 Å². The number of likely N-dealkylation sites (N-methyl/N-ethyl adjacent to an activating group) is 1. The van der Waals surface area contributed by atoms with Gasteiger partial charge in [0.15, 0.2) is 0 Å². The topological polar surface area (TPSA) is 63.7 Å². The normalized spacial score (nSPS) is 10.7. The first-order valence-electron chi connectivity index (χ1n) is 9.47. The van der Waals surface area contributed by atoms with Gasteiger partial charge in [0, 0.05) is 30.8 Å². The molecule has 0 radical (unpaired) electrons. The van der Waals surface area contributed by atoms with E-state index >= 15 is 0 Å². The number of rotatable bonds is 8. The molecule has 156 valence electrons. The Kier molecular flexibility index (Phi) is 6.98. The predicted molar refractivity (Wildman–Crippen MR) is 114 cm³/mol. The fraction of sp³-hybridized carbons (Fsp3) is 0.217.